The number of amides is 1. The van der Waals surface area contributed by atoms with Gasteiger partial charge in [0.05, 0.1) is 11.6 Å². The highest BCUT2D eigenvalue weighted by Gasteiger charge is 2.30. The van der Waals surface area contributed by atoms with Crippen molar-refractivity contribution >= 4 is 29.4 Å². The highest BCUT2D eigenvalue weighted by molar-refractivity contribution is 6.35. The van der Waals surface area contributed by atoms with Crippen molar-refractivity contribution in [2.45, 2.75) is 6.92 Å². The third-order valence-electron chi connectivity index (χ3n) is 1.62. The third kappa shape index (κ3) is 2.40. The Morgan fingerprint density at radius 1 is 1.56 bits per heavy atom. The number of carbonyl (C=O) groups is 3. The zero-order chi connectivity index (χ0) is 12.3. The average Bonchev–Trinajstić information content (AvgIpc) is 2.45. The molecule has 86 valence electrons. The molecular formula is C9H8ClNO5. The molecule has 0 aromatic rings. The zero-order valence-electron chi connectivity index (χ0n) is 8.28. The van der Waals surface area contributed by atoms with Gasteiger partial charge in [0.25, 0.3) is 5.91 Å². The van der Waals surface area contributed by atoms with Gasteiger partial charge in [-0.1, -0.05) is 11.6 Å². The highest BCUT2D eigenvalue weighted by atomic mass is 35.5. The van der Waals surface area contributed by atoms with Gasteiger partial charge in [-0.2, -0.15) is 0 Å². The number of nitrogens with two attached hydrogens (primary N) is 1. The first-order chi connectivity index (χ1) is 7.47. The van der Waals surface area contributed by atoms with E-state index in [2.05, 4.69) is 9.47 Å². The standard InChI is InChI=1S/C9H8ClNO5/c1-2-15-9(14)6(8(11)13)7-4(10)3-5(12)16-7/h3H,2H2,1H3,(H2,11,13)/b7-6+. The first-order valence-corrected chi connectivity index (χ1v) is 4.65. The molecular weight excluding hydrogens is 238 g/mol. The first-order valence-electron chi connectivity index (χ1n) is 4.28. The van der Waals surface area contributed by atoms with Gasteiger partial charge >= 0.3 is 11.9 Å². The summed E-state index contributed by atoms with van der Waals surface area (Å²) < 4.78 is 9.17. The summed E-state index contributed by atoms with van der Waals surface area (Å²) >= 11 is 5.60. The predicted octanol–water partition coefficient (Wildman–Crippen LogP) is -0.0316. The van der Waals surface area contributed by atoms with Crippen LogP contribution >= 0.6 is 11.6 Å². The van der Waals surface area contributed by atoms with Gasteiger partial charge in [-0.25, -0.2) is 9.59 Å². The molecule has 7 heteroatoms. The number of allylic oxidation sites excluding steroid dienone is 1. The minimum Gasteiger partial charge on any atom is -0.462 e. The molecule has 6 nitrogen and oxygen atoms in total. The number of hydrogen-bond donors (Lipinski definition) is 1. The van der Waals surface area contributed by atoms with Gasteiger partial charge in [0.2, 0.25) is 0 Å². The largest absolute Gasteiger partial charge is 0.462 e. The Hall–Kier alpha value is -1.82. The maximum absolute atomic E-state index is 11.4. The molecule has 16 heavy (non-hydrogen) atoms. The van der Waals surface area contributed by atoms with Crippen LogP contribution in [-0.2, 0) is 23.9 Å². The number of cyclic esters (lactones) is 1. The molecule has 0 aliphatic carbocycles. The van der Waals surface area contributed by atoms with Crippen LogP contribution in [0.3, 0.4) is 0 Å². The molecule has 0 unspecified atom stereocenters. The number of ether oxygens (including phenoxy) is 2. The van der Waals surface area contributed by atoms with Crippen LogP contribution in [-0.4, -0.2) is 24.5 Å². The lowest BCUT2D eigenvalue weighted by atomic mass is 10.2. The van der Waals surface area contributed by atoms with E-state index in [0.29, 0.717) is 0 Å². The summed E-state index contributed by atoms with van der Waals surface area (Å²) in [7, 11) is 0. The van der Waals surface area contributed by atoms with E-state index in [4.69, 9.17) is 17.3 Å². The SMILES string of the molecule is CCOC(=O)/C(C(N)=O)=C1/OC(=O)C=C1Cl. The lowest BCUT2D eigenvalue weighted by Gasteiger charge is -2.06. The summed E-state index contributed by atoms with van der Waals surface area (Å²) in [6.07, 6.45) is 0.930. The maximum Gasteiger partial charge on any atom is 0.347 e. The molecule has 0 bridgehead atoms. The van der Waals surface area contributed by atoms with Crippen molar-refractivity contribution < 1.29 is 23.9 Å². The molecule has 0 atom stereocenters. The Kier molecular flexibility index (Phi) is 3.68. The topological polar surface area (TPSA) is 95.7 Å². The third-order valence-corrected chi connectivity index (χ3v) is 1.90. The zero-order valence-corrected chi connectivity index (χ0v) is 9.04. The van der Waals surface area contributed by atoms with Crippen molar-refractivity contribution in [2.24, 2.45) is 5.73 Å². The summed E-state index contributed by atoms with van der Waals surface area (Å²) in [6.45, 7) is 1.61. The van der Waals surface area contributed by atoms with Crippen LogP contribution in [0.1, 0.15) is 6.92 Å². The Morgan fingerprint density at radius 2 is 2.19 bits per heavy atom. The number of rotatable bonds is 3. The Balaban J connectivity index is 3.17. The van der Waals surface area contributed by atoms with E-state index < -0.39 is 23.4 Å². The quantitative estimate of drug-likeness (QED) is 0.326. The molecule has 1 aliphatic heterocycles. The van der Waals surface area contributed by atoms with Crippen LogP contribution in [0, 0.1) is 0 Å². The highest BCUT2D eigenvalue weighted by Crippen LogP contribution is 2.26. The number of hydrogen-bond acceptors (Lipinski definition) is 5. The lowest BCUT2D eigenvalue weighted by Crippen LogP contribution is -2.24. The number of halogens is 1. The molecule has 1 heterocycles. The molecule has 1 aliphatic rings. The molecule has 0 saturated heterocycles. The number of primary amides is 1. The first kappa shape index (κ1) is 12.3. The summed E-state index contributed by atoms with van der Waals surface area (Å²) in [4.78, 5) is 33.3. The molecule has 0 spiro atoms. The van der Waals surface area contributed by atoms with E-state index >= 15 is 0 Å². The van der Waals surface area contributed by atoms with E-state index in [1.807, 2.05) is 0 Å². The average molecular weight is 246 g/mol. The van der Waals surface area contributed by atoms with Gasteiger partial charge < -0.3 is 15.2 Å². The second kappa shape index (κ2) is 4.80. The van der Waals surface area contributed by atoms with E-state index in [0.717, 1.165) is 6.08 Å². The Labute approximate surface area is 95.6 Å². The van der Waals surface area contributed by atoms with E-state index in [-0.39, 0.29) is 17.4 Å². The molecule has 0 aromatic carbocycles. The number of carbonyl (C=O) groups excluding carboxylic acids is 3. The van der Waals surface area contributed by atoms with Crippen LogP contribution in [0.2, 0.25) is 0 Å². The van der Waals surface area contributed by atoms with Crippen molar-refractivity contribution in [3.63, 3.8) is 0 Å². The van der Waals surface area contributed by atoms with Gasteiger partial charge in [0.1, 0.15) is 0 Å². The summed E-state index contributed by atoms with van der Waals surface area (Å²) in [5.74, 6) is -3.19. The minimum atomic E-state index is -1.07. The molecule has 0 radical (unpaired) electrons. The fraction of sp³-hybridized carbons (Fsp3) is 0.222. The van der Waals surface area contributed by atoms with Crippen LogP contribution in [0.25, 0.3) is 0 Å². The Bertz CT molecular complexity index is 424. The smallest absolute Gasteiger partial charge is 0.347 e. The van der Waals surface area contributed by atoms with Gasteiger partial charge in [-0.3, -0.25) is 4.79 Å². The fourth-order valence-corrected chi connectivity index (χ4v) is 1.25. The van der Waals surface area contributed by atoms with Crippen molar-refractivity contribution in [1.29, 1.82) is 0 Å². The van der Waals surface area contributed by atoms with Crippen LogP contribution < -0.4 is 5.73 Å². The summed E-state index contributed by atoms with van der Waals surface area (Å²) in [5, 5.41) is -0.160. The van der Waals surface area contributed by atoms with Crippen LogP contribution in [0.15, 0.2) is 22.4 Å². The second-order valence-electron chi connectivity index (χ2n) is 2.70. The van der Waals surface area contributed by atoms with Gasteiger partial charge in [0, 0.05) is 6.08 Å². The van der Waals surface area contributed by atoms with Crippen LogP contribution in [0.5, 0.6) is 0 Å². The maximum atomic E-state index is 11.4. The lowest BCUT2D eigenvalue weighted by molar-refractivity contribution is -0.140. The van der Waals surface area contributed by atoms with E-state index in [9.17, 15) is 14.4 Å². The van der Waals surface area contributed by atoms with Crippen molar-refractivity contribution in [2.75, 3.05) is 6.61 Å². The molecule has 0 fully saturated rings. The van der Waals surface area contributed by atoms with Crippen LogP contribution in [0.4, 0.5) is 0 Å². The molecule has 0 saturated carbocycles. The van der Waals surface area contributed by atoms with Crippen molar-refractivity contribution in [1.82, 2.24) is 0 Å². The molecule has 1 rings (SSSR count). The second-order valence-corrected chi connectivity index (χ2v) is 3.11. The van der Waals surface area contributed by atoms with E-state index in [1.54, 1.807) is 6.92 Å². The Morgan fingerprint density at radius 3 is 2.56 bits per heavy atom. The van der Waals surface area contributed by atoms with Crippen molar-refractivity contribution in [3.05, 3.63) is 22.4 Å². The molecule has 2 N–H and O–H groups in total. The monoisotopic (exact) mass is 245 g/mol. The van der Waals surface area contributed by atoms with Crippen molar-refractivity contribution in [3.8, 4) is 0 Å². The minimum absolute atomic E-state index is 0.0537. The summed E-state index contributed by atoms with van der Waals surface area (Å²) in [5.41, 5.74) is 4.41. The number of esters is 2. The van der Waals surface area contributed by atoms with Gasteiger partial charge in [0.15, 0.2) is 11.3 Å². The normalized spacial score (nSPS) is 17.6. The van der Waals surface area contributed by atoms with Gasteiger partial charge in [-0.05, 0) is 6.92 Å². The fourth-order valence-electron chi connectivity index (χ4n) is 1.03. The predicted molar refractivity (Wildman–Crippen MR) is 52.9 cm³/mol. The van der Waals surface area contributed by atoms with Gasteiger partial charge in [-0.15, -0.1) is 0 Å². The van der Waals surface area contributed by atoms with E-state index in [1.165, 1.54) is 0 Å². The molecule has 1 amide bonds. The summed E-state index contributed by atoms with van der Waals surface area (Å²) in [6, 6.07) is 0. The molecule has 0 aromatic heterocycles.